The highest BCUT2D eigenvalue weighted by molar-refractivity contribution is 7.15. The molecule has 2 aromatic rings. The number of hydrogen-bond acceptors (Lipinski definition) is 4. The Morgan fingerprint density at radius 1 is 1.60 bits per heavy atom. The standard InChI is InChI=1S/C5H3N3OS/c9-5-8-3-1-6-2-7-4(3)10-5/h1-2H,(H,8,9). The third-order valence-corrected chi connectivity index (χ3v) is 1.91. The predicted molar refractivity (Wildman–Crippen MR) is 38.0 cm³/mol. The molecule has 10 heavy (non-hydrogen) atoms. The summed E-state index contributed by atoms with van der Waals surface area (Å²) >= 11 is 1.09. The lowest BCUT2D eigenvalue weighted by molar-refractivity contribution is 1.22. The molecule has 0 aliphatic carbocycles. The minimum atomic E-state index is -0.0875. The van der Waals surface area contributed by atoms with Gasteiger partial charge in [0.2, 0.25) is 0 Å². The first-order valence-electron chi connectivity index (χ1n) is 2.65. The maximum Gasteiger partial charge on any atom is 0.307 e. The van der Waals surface area contributed by atoms with E-state index in [4.69, 9.17) is 0 Å². The van der Waals surface area contributed by atoms with E-state index in [9.17, 15) is 4.79 Å². The maximum absolute atomic E-state index is 10.7. The number of hydrogen-bond donors (Lipinski definition) is 1. The van der Waals surface area contributed by atoms with Crippen molar-refractivity contribution in [1.29, 1.82) is 0 Å². The van der Waals surface area contributed by atoms with Gasteiger partial charge in [0.25, 0.3) is 0 Å². The molecule has 1 N–H and O–H groups in total. The molecule has 0 aliphatic rings. The van der Waals surface area contributed by atoms with Gasteiger partial charge < -0.3 is 4.98 Å². The fraction of sp³-hybridized carbons (Fsp3) is 0. The van der Waals surface area contributed by atoms with Crippen LogP contribution in [0.2, 0.25) is 0 Å². The topological polar surface area (TPSA) is 58.6 Å². The van der Waals surface area contributed by atoms with Gasteiger partial charge in [-0.05, 0) is 0 Å². The Balaban J connectivity index is 3.01. The van der Waals surface area contributed by atoms with Gasteiger partial charge >= 0.3 is 4.87 Å². The molecule has 0 radical (unpaired) electrons. The highest BCUT2D eigenvalue weighted by Gasteiger charge is 1.96. The van der Waals surface area contributed by atoms with Crippen molar-refractivity contribution < 1.29 is 0 Å². The van der Waals surface area contributed by atoms with Crippen molar-refractivity contribution in [2.75, 3.05) is 0 Å². The van der Waals surface area contributed by atoms with Crippen molar-refractivity contribution in [2.24, 2.45) is 0 Å². The smallest absolute Gasteiger partial charge is 0.307 e. The van der Waals surface area contributed by atoms with Crippen molar-refractivity contribution in [3.8, 4) is 0 Å². The van der Waals surface area contributed by atoms with Gasteiger partial charge in [-0.15, -0.1) is 0 Å². The molecule has 0 unspecified atom stereocenters. The van der Waals surface area contributed by atoms with Crippen LogP contribution in [0.4, 0.5) is 0 Å². The third kappa shape index (κ3) is 0.714. The van der Waals surface area contributed by atoms with Gasteiger partial charge in [-0.1, -0.05) is 11.3 Å². The number of thiazole rings is 1. The molecular weight excluding hydrogens is 150 g/mol. The molecule has 0 aliphatic heterocycles. The summed E-state index contributed by atoms with van der Waals surface area (Å²) in [7, 11) is 0. The van der Waals surface area contributed by atoms with Crippen LogP contribution in [0, 0.1) is 0 Å². The monoisotopic (exact) mass is 153 g/mol. The van der Waals surface area contributed by atoms with Gasteiger partial charge in [-0.25, -0.2) is 9.97 Å². The molecule has 2 aromatic heterocycles. The summed E-state index contributed by atoms with van der Waals surface area (Å²) in [4.78, 5) is 21.5. The van der Waals surface area contributed by atoms with Crippen molar-refractivity contribution >= 4 is 21.7 Å². The Morgan fingerprint density at radius 3 is 3.30 bits per heavy atom. The van der Waals surface area contributed by atoms with E-state index in [1.54, 1.807) is 6.20 Å². The quantitative estimate of drug-likeness (QED) is 0.595. The summed E-state index contributed by atoms with van der Waals surface area (Å²) in [5, 5.41) is 0. The normalized spacial score (nSPS) is 10.4. The Kier molecular flexibility index (Phi) is 1.04. The Hall–Kier alpha value is -1.23. The van der Waals surface area contributed by atoms with Crippen LogP contribution in [0.1, 0.15) is 0 Å². The Morgan fingerprint density at radius 2 is 2.50 bits per heavy atom. The zero-order chi connectivity index (χ0) is 6.97. The first-order chi connectivity index (χ1) is 4.86. The highest BCUT2D eigenvalue weighted by Crippen LogP contribution is 2.06. The number of rotatable bonds is 0. The van der Waals surface area contributed by atoms with E-state index in [1.807, 2.05) is 0 Å². The second kappa shape index (κ2) is 1.88. The van der Waals surface area contributed by atoms with E-state index in [1.165, 1.54) is 6.33 Å². The van der Waals surface area contributed by atoms with Crippen LogP contribution in [0.5, 0.6) is 0 Å². The van der Waals surface area contributed by atoms with Crippen molar-refractivity contribution in [1.82, 2.24) is 15.0 Å². The number of nitrogens with one attached hydrogen (secondary N) is 1. The van der Waals surface area contributed by atoms with E-state index in [0.29, 0.717) is 10.3 Å². The summed E-state index contributed by atoms with van der Waals surface area (Å²) in [6.45, 7) is 0. The van der Waals surface area contributed by atoms with Gasteiger partial charge in [-0.3, -0.25) is 4.79 Å². The number of nitrogens with zero attached hydrogens (tertiary/aromatic N) is 2. The molecule has 0 amide bonds. The van der Waals surface area contributed by atoms with Crippen molar-refractivity contribution in [3.63, 3.8) is 0 Å². The minimum absolute atomic E-state index is 0.0875. The van der Waals surface area contributed by atoms with Crippen molar-refractivity contribution in [2.45, 2.75) is 0 Å². The van der Waals surface area contributed by atoms with Gasteiger partial charge in [0.05, 0.1) is 11.7 Å². The zero-order valence-corrected chi connectivity index (χ0v) is 5.68. The summed E-state index contributed by atoms with van der Waals surface area (Å²) < 4.78 is 0. The number of aromatic amines is 1. The van der Waals surface area contributed by atoms with E-state index in [-0.39, 0.29) is 4.87 Å². The van der Waals surface area contributed by atoms with E-state index >= 15 is 0 Å². The number of fused-ring (bicyclic) bond motifs is 1. The fourth-order valence-corrected chi connectivity index (χ4v) is 1.36. The summed E-state index contributed by atoms with van der Waals surface area (Å²) in [6, 6.07) is 0. The lowest BCUT2D eigenvalue weighted by Gasteiger charge is -1.80. The number of aromatic nitrogens is 3. The number of H-pyrrole nitrogens is 1. The first kappa shape index (κ1) is 5.55. The SMILES string of the molecule is O=c1[nH]c2cncnc2s1. The second-order valence-electron chi connectivity index (χ2n) is 1.76. The van der Waals surface area contributed by atoms with Crippen LogP contribution in [-0.4, -0.2) is 15.0 Å². The molecule has 50 valence electrons. The van der Waals surface area contributed by atoms with Crippen molar-refractivity contribution in [3.05, 3.63) is 22.2 Å². The summed E-state index contributed by atoms with van der Waals surface area (Å²) in [5.41, 5.74) is 0.706. The summed E-state index contributed by atoms with van der Waals surface area (Å²) in [5.74, 6) is 0. The minimum Gasteiger partial charge on any atom is -0.310 e. The molecule has 0 aromatic carbocycles. The third-order valence-electron chi connectivity index (χ3n) is 1.10. The molecule has 0 atom stereocenters. The molecule has 0 bridgehead atoms. The average Bonchev–Trinajstić information content (AvgIpc) is 2.27. The molecule has 0 spiro atoms. The van der Waals surface area contributed by atoms with Gasteiger partial charge in [0.1, 0.15) is 11.2 Å². The Labute approximate surface area is 59.6 Å². The Bertz CT molecular complexity index is 368. The molecular formula is C5H3N3OS. The molecule has 0 saturated heterocycles. The molecule has 5 heteroatoms. The van der Waals surface area contributed by atoms with Crippen LogP contribution >= 0.6 is 11.3 Å². The van der Waals surface area contributed by atoms with Crippen LogP contribution in [0.15, 0.2) is 17.3 Å². The van der Waals surface area contributed by atoms with E-state index < -0.39 is 0 Å². The molecule has 0 saturated carbocycles. The average molecular weight is 153 g/mol. The maximum atomic E-state index is 10.7. The second-order valence-corrected chi connectivity index (χ2v) is 2.72. The van der Waals surface area contributed by atoms with Gasteiger partial charge in [-0.2, -0.15) is 0 Å². The molecule has 4 nitrogen and oxygen atoms in total. The van der Waals surface area contributed by atoms with Crippen LogP contribution < -0.4 is 4.87 Å². The highest BCUT2D eigenvalue weighted by atomic mass is 32.1. The lowest BCUT2D eigenvalue weighted by atomic mass is 10.6. The van der Waals surface area contributed by atoms with Crippen LogP contribution in [0.25, 0.3) is 10.3 Å². The van der Waals surface area contributed by atoms with Crippen LogP contribution in [0.3, 0.4) is 0 Å². The lowest BCUT2D eigenvalue weighted by Crippen LogP contribution is -1.89. The summed E-state index contributed by atoms with van der Waals surface area (Å²) in [6.07, 6.45) is 3.01. The van der Waals surface area contributed by atoms with E-state index in [0.717, 1.165) is 11.3 Å². The van der Waals surface area contributed by atoms with Gasteiger partial charge in [0.15, 0.2) is 0 Å². The first-order valence-corrected chi connectivity index (χ1v) is 3.47. The fourth-order valence-electron chi connectivity index (χ4n) is 0.709. The molecule has 0 fully saturated rings. The van der Waals surface area contributed by atoms with Gasteiger partial charge in [0, 0.05) is 0 Å². The zero-order valence-electron chi connectivity index (χ0n) is 4.87. The largest absolute Gasteiger partial charge is 0.310 e. The predicted octanol–water partition coefficient (Wildman–Crippen LogP) is 0.380. The molecule has 2 heterocycles. The van der Waals surface area contributed by atoms with E-state index in [2.05, 4.69) is 15.0 Å². The van der Waals surface area contributed by atoms with Crippen LogP contribution in [-0.2, 0) is 0 Å². The molecule has 2 rings (SSSR count).